The number of nitrogens with zero attached hydrogens (tertiary/aromatic N) is 1. The SMILES string of the molecule is COc1ccc(C)cc1CC(=O)Nc1cc(C(=O)O)[nH]n1. The molecule has 0 bridgehead atoms. The third-order valence-electron chi connectivity index (χ3n) is 2.86. The Balaban J connectivity index is 2.07. The first kappa shape index (κ1) is 14.6. The smallest absolute Gasteiger partial charge is 0.353 e. The van der Waals surface area contributed by atoms with Crippen LogP contribution in [-0.2, 0) is 11.2 Å². The van der Waals surface area contributed by atoms with Gasteiger partial charge in [-0.3, -0.25) is 9.89 Å². The molecule has 0 aliphatic carbocycles. The van der Waals surface area contributed by atoms with Gasteiger partial charge in [0.15, 0.2) is 5.82 Å². The van der Waals surface area contributed by atoms with Gasteiger partial charge in [-0.1, -0.05) is 17.7 Å². The maximum atomic E-state index is 12.0. The molecule has 7 heteroatoms. The van der Waals surface area contributed by atoms with E-state index >= 15 is 0 Å². The molecule has 1 aromatic carbocycles. The number of amides is 1. The highest BCUT2D eigenvalue weighted by Crippen LogP contribution is 2.20. The van der Waals surface area contributed by atoms with E-state index < -0.39 is 5.97 Å². The number of carbonyl (C=O) groups excluding carboxylic acids is 1. The van der Waals surface area contributed by atoms with E-state index in [1.165, 1.54) is 6.07 Å². The Bertz CT molecular complexity index is 679. The number of aromatic amines is 1. The lowest BCUT2D eigenvalue weighted by atomic mass is 10.1. The van der Waals surface area contributed by atoms with Crippen LogP contribution < -0.4 is 10.1 Å². The number of ether oxygens (including phenoxy) is 1. The maximum absolute atomic E-state index is 12.0. The molecule has 3 N–H and O–H groups in total. The predicted octanol–water partition coefficient (Wildman–Crippen LogP) is 1.61. The molecule has 1 heterocycles. The van der Waals surface area contributed by atoms with Gasteiger partial charge in [0, 0.05) is 11.6 Å². The van der Waals surface area contributed by atoms with Crippen LogP contribution in [0.2, 0.25) is 0 Å². The van der Waals surface area contributed by atoms with Gasteiger partial charge in [0.1, 0.15) is 11.4 Å². The lowest BCUT2D eigenvalue weighted by Gasteiger charge is -2.09. The highest BCUT2D eigenvalue weighted by molar-refractivity contribution is 5.93. The van der Waals surface area contributed by atoms with Gasteiger partial charge in [-0.15, -0.1) is 0 Å². The number of carboxylic acids is 1. The molecular weight excluding hydrogens is 274 g/mol. The van der Waals surface area contributed by atoms with Crippen molar-refractivity contribution in [3.05, 3.63) is 41.1 Å². The van der Waals surface area contributed by atoms with Gasteiger partial charge in [-0.25, -0.2) is 4.79 Å². The number of carbonyl (C=O) groups is 2. The Morgan fingerprint density at radius 2 is 2.14 bits per heavy atom. The van der Waals surface area contributed by atoms with Crippen molar-refractivity contribution in [2.75, 3.05) is 12.4 Å². The number of aromatic carboxylic acids is 1. The molecule has 21 heavy (non-hydrogen) atoms. The van der Waals surface area contributed by atoms with Crippen LogP contribution in [0, 0.1) is 6.92 Å². The molecule has 0 atom stereocenters. The Labute approximate surface area is 120 Å². The molecule has 0 radical (unpaired) electrons. The van der Waals surface area contributed by atoms with Crippen LogP contribution in [0.5, 0.6) is 5.75 Å². The summed E-state index contributed by atoms with van der Waals surface area (Å²) in [4.78, 5) is 22.7. The Morgan fingerprint density at radius 3 is 2.76 bits per heavy atom. The molecule has 1 aromatic heterocycles. The van der Waals surface area contributed by atoms with Crippen LogP contribution in [-0.4, -0.2) is 34.3 Å². The first-order valence-corrected chi connectivity index (χ1v) is 6.21. The Kier molecular flexibility index (Phi) is 4.22. The molecule has 2 rings (SSSR count). The van der Waals surface area contributed by atoms with Crippen LogP contribution in [0.1, 0.15) is 21.6 Å². The molecule has 0 spiro atoms. The third-order valence-corrected chi connectivity index (χ3v) is 2.86. The number of nitrogens with one attached hydrogen (secondary N) is 2. The first-order chi connectivity index (χ1) is 9.99. The Hall–Kier alpha value is -2.83. The fourth-order valence-electron chi connectivity index (χ4n) is 1.90. The van der Waals surface area contributed by atoms with Gasteiger partial charge >= 0.3 is 5.97 Å². The van der Waals surface area contributed by atoms with E-state index in [9.17, 15) is 9.59 Å². The molecule has 0 unspecified atom stereocenters. The van der Waals surface area contributed by atoms with Crippen molar-refractivity contribution in [1.29, 1.82) is 0 Å². The van der Waals surface area contributed by atoms with Gasteiger partial charge < -0.3 is 15.2 Å². The molecule has 0 saturated heterocycles. The summed E-state index contributed by atoms with van der Waals surface area (Å²) in [6.45, 7) is 1.92. The van der Waals surface area contributed by atoms with E-state index in [0.29, 0.717) is 5.75 Å². The zero-order valence-corrected chi connectivity index (χ0v) is 11.6. The summed E-state index contributed by atoms with van der Waals surface area (Å²) in [5, 5.41) is 17.3. The Morgan fingerprint density at radius 1 is 1.38 bits per heavy atom. The molecule has 0 fully saturated rings. The fourth-order valence-corrected chi connectivity index (χ4v) is 1.90. The summed E-state index contributed by atoms with van der Waals surface area (Å²) in [6, 6.07) is 6.82. The lowest BCUT2D eigenvalue weighted by molar-refractivity contribution is -0.115. The number of benzene rings is 1. The zero-order valence-electron chi connectivity index (χ0n) is 11.6. The van der Waals surface area contributed by atoms with Gasteiger partial charge in [0.25, 0.3) is 0 Å². The van der Waals surface area contributed by atoms with Crippen molar-refractivity contribution < 1.29 is 19.4 Å². The summed E-state index contributed by atoms with van der Waals surface area (Å²) >= 11 is 0. The van der Waals surface area contributed by atoms with Gasteiger partial charge in [-0.05, 0) is 13.0 Å². The molecule has 1 amide bonds. The number of hydrogen-bond donors (Lipinski definition) is 3. The maximum Gasteiger partial charge on any atom is 0.353 e. The van der Waals surface area contributed by atoms with Crippen molar-refractivity contribution in [3.63, 3.8) is 0 Å². The average Bonchev–Trinajstić information content (AvgIpc) is 2.87. The van der Waals surface area contributed by atoms with Gasteiger partial charge in [0.05, 0.1) is 13.5 Å². The monoisotopic (exact) mass is 289 g/mol. The molecule has 0 aliphatic heterocycles. The van der Waals surface area contributed by atoms with E-state index in [0.717, 1.165) is 11.1 Å². The minimum atomic E-state index is -1.14. The molecule has 2 aromatic rings. The summed E-state index contributed by atoms with van der Waals surface area (Å²) in [7, 11) is 1.54. The van der Waals surface area contributed by atoms with E-state index in [2.05, 4.69) is 15.5 Å². The van der Waals surface area contributed by atoms with Crippen molar-refractivity contribution >= 4 is 17.7 Å². The second-order valence-corrected chi connectivity index (χ2v) is 4.51. The second-order valence-electron chi connectivity index (χ2n) is 4.51. The number of aromatic nitrogens is 2. The molecule has 7 nitrogen and oxygen atoms in total. The second kappa shape index (κ2) is 6.08. The van der Waals surface area contributed by atoms with E-state index in [-0.39, 0.29) is 23.8 Å². The topological polar surface area (TPSA) is 104 Å². The van der Waals surface area contributed by atoms with E-state index in [1.54, 1.807) is 13.2 Å². The molecule has 0 saturated carbocycles. The van der Waals surface area contributed by atoms with Crippen LogP contribution in [0.15, 0.2) is 24.3 Å². The minimum absolute atomic E-state index is 0.0848. The normalized spacial score (nSPS) is 10.2. The predicted molar refractivity (Wildman–Crippen MR) is 75.6 cm³/mol. The highest BCUT2D eigenvalue weighted by Gasteiger charge is 2.12. The summed E-state index contributed by atoms with van der Waals surface area (Å²) in [6.07, 6.45) is 0.111. The van der Waals surface area contributed by atoms with Crippen molar-refractivity contribution in [1.82, 2.24) is 10.2 Å². The number of methoxy groups -OCH3 is 1. The number of hydrogen-bond acceptors (Lipinski definition) is 4. The van der Waals surface area contributed by atoms with Crippen LogP contribution in [0.4, 0.5) is 5.82 Å². The molecule has 110 valence electrons. The van der Waals surface area contributed by atoms with Crippen molar-refractivity contribution in [2.45, 2.75) is 13.3 Å². The van der Waals surface area contributed by atoms with Gasteiger partial charge in [0.2, 0.25) is 5.91 Å². The first-order valence-electron chi connectivity index (χ1n) is 6.21. The molecular formula is C14H15N3O4. The quantitative estimate of drug-likeness (QED) is 0.775. The lowest BCUT2D eigenvalue weighted by Crippen LogP contribution is -2.15. The third kappa shape index (κ3) is 3.59. The average molecular weight is 289 g/mol. The van der Waals surface area contributed by atoms with Gasteiger partial charge in [-0.2, -0.15) is 5.10 Å². The summed E-state index contributed by atoms with van der Waals surface area (Å²) < 4.78 is 5.21. The van der Waals surface area contributed by atoms with E-state index in [1.807, 2.05) is 19.1 Å². The number of aryl methyl sites for hydroxylation is 1. The number of H-pyrrole nitrogens is 1. The van der Waals surface area contributed by atoms with Crippen LogP contribution in [0.3, 0.4) is 0 Å². The largest absolute Gasteiger partial charge is 0.496 e. The number of rotatable bonds is 5. The fraction of sp³-hybridized carbons (Fsp3) is 0.214. The van der Waals surface area contributed by atoms with Crippen LogP contribution in [0.25, 0.3) is 0 Å². The van der Waals surface area contributed by atoms with E-state index in [4.69, 9.17) is 9.84 Å². The van der Waals surface area contributed by atoms with Crippen molar-refractivity contribution in [3.8, 4) is 5.75 Å². The summed E-state index contributed by atoms with van der Waals surface area (Å²) in [5.41, 5.74) is 1.69. The van der Waals surface area contributed by atoms with Crippen LogP contribution >= 0.6 is 0 Å². The number of anilines is 1. The standard InChI is InChI=1S/C14H15N3O4/c1-8-3-4-11(21-2)9(5-8)6-13(18)15-12-7-10(14(19)20)16-17-12/h3-5,7H,6H2,1-2H3,(H,19,20)(H2,15,16,17,18). The number of carboxylic acid groups (broad SMARTS) is 1. The van der Waals surface area contributed by atoms with Crippen molar-refractivity contribution in [2.24, 2.45) is 0 Å². The molecule has 0 aliphatic rings. The summed E-state index contributed by atoms with van der Waals surface area (Å²) in [5.74, 6) is -0.640. The minimum Gasteiger partial charge on any atom is -0.496 e. The highest BCUT2D eigenvalue weighted by atomic mass is 16.5. The zero-order chi connectivity index (χ0) is 15.4.